The summed E-state index contributed by atoms with van der Waals surface area (Å²) >= 11 is 1.69. The third kappa shape index (κ3) is 5.10. The van der Waals surface area contributed by atoms with Crippen molar-refractivity contribution in [1.29, 1.82) is 0 Å². The van der Waals surface area contributed by atoms with Gasteiger partial charge in [-0.1, -0.05) is 17.7 Å². The number of aromatic nitrogens is 2. The Bertz CT molecular complexity index is 842. The minimum atomic E-state index is 0.520. The third-order valence-corrected chi connectivity index (χ3v) is 5.08. The zero-order chi connectivity index (χ0) is 18.6. The Balaban J connectivity index is 2.13. The molecule has 0 aliphatic rings. The lowest BCUT2D eigenvalue weighted by Gasteiger charge is -2.06. The number of rotatable bonds is 6. The lowest BCUT2D eigenvalue weighted by atomic mass is 10.1. The van der Waals surface area contributed by atoms with Gasteiger partial charge in [0.1, 0.15) is 0 Å². The molecule has 0 amide bonds. The first-order valence-corrected chi connectivity index (χ1v) is 9.10. The van der Waals surface area contributed by atoms with Crippen LogP contribution in [0.4, 0.5) is 5.69 Å². The van der Waals surface area contributed by atoms with Crippen molar-refractivity contribution in [1.82, 2.24) is 10.2 Å². The largest absolute Gasteiger partial charge is 0.420 e. The zero-order valence-electron chi connectivity index (χ0n) is 15.5. The molecule has 0 saturated carbocycles. The Morgan fingerprint density at radius 2 is 1.96 bits per heavy atom. The number of benzene rings is 1. The molecule has 0 spiro atoms. The van der Waals surface area contributed by atoms with E-state index >= 15 is 0 Å². The van der Waals surface area contributed by atoms with E-state index in [0.29, 0.717) is 17.5 Å². The number of aryl methyl sites for hydroxylation is 1. The number of allylic oxidation sites excluding steroid dienone is 4. The Labute approximate surface area is 153 Å². The van der Waals surface area contributed by atoms with Gasteiger partial charge in [-0.2, -0.15) is 0 Å². The lowest BCUT2D eigenvalue weighted by Crippen LogP contribution is -1.89. The number of thioether (sulfide) groups is 1. The number of anilines is 1. The predicted octanol–water partition coefficient (Wildman–Crippen LogP) is 5.68. The van der Waals surface area contributed by atoms with Gasteiger partial charge in [0.2, 0.25) is 11.8 Å². The van der Waals surface area contributed by atoms with E-state index in [0.717, 1.165) is 22.4 Å². The van der Waals surface area contributed by atoms with Crippen molar-refractivity contribution in [3.05, 3.63) is 63.9 Å². The summed E-state index contributed by atoms with van der Waals surface area (Å²) in [5, 5.41) is 8.31. The molecule has 0 unspecified atom stereocenters. The predicted molar refractivity (Wildman–Crippen MR) is 107 cm³/mol. The van der Waals surface area contributed by atoms with Gasteiger partial charge in [0, 0.05) is 16.2 Å². The second-order valence-corrected chi connectivity index (χ2v) is 7.35. The maximum Gasteiger partial charge on any atom is 0.247 e. The van der Waals surface area contributed by atoms with E-state index in [-0.39, 0.29) is 0 Å². The summed E-state index contributed by atoms with van der Waals surface area (Å²) in [6, 6.07) is 5.71. The maximum absolute atomic E-state index is 5.86. The highest BCUT2D eigenvalue weighted by Gasteiger charge is 2.11. The van der Waals surface area contributed by atoms with E-state index in [1.54, 1.807) is 11.8 Å². The smallest absolute Gasteiger partial charge is 0.247 e. The first-order valence-electron chi connectivity index (χ1n) is 8.11. The molecule has 0 atom stereocenters. The molecule has 4 nitrogen and oxygen atoms in total. The molecule has 2 aromatic rings. The third-order valence-electron chi connectivity index (χ3n) is 3.85. The van der Waals surface area contributed by atoms with Gasteiger partial charge in [0.25, 0.3) is 0 Å². The minimum Gasteiger partial charge on any atom is -0.420 e. The van der Waals surface area contributed by atoms with Crippen LogP contribution < -0.4 is 5.73 Å². The molecule has 2 N–H and O–H groups in total. The highest BCUT2D eigenvalue weighted by molar-refractivity contribution is 8.02. The van der Waals surface area contributed by atoms with Crippen LogP contribution in [-0.4, -0.2) is 10.2 Å². The summed E-state index contributed by atoms with van der Waals surface area (Å²) in [7, 11) is 0. The molecule has 0 bridgehead atoms. The quantitative estimate of drug-likeness (QED) is 0.533. The van der Waals surface area contributed by atoms with Crippen molar-refractivity contribution >= 4 is 17.4 Å². The summed E-state index contributed by atoms with van der Waals surface area (Å²) in [4.78, 5) is 1.20. The first kappa shape index (κ1) is 19.1. The van der Waals surface area contributed by atoms with Crippen molar-refractivity contribution in [2.75, 3.05) is 5.73 Å². The van der Waals surface area contributed by atoms with Crippen molar-refractivity contribution in [2.45, 2.75) is 40.4 Å². The molecule has 5 heteroatoms. The van der Waals surface area contributed by atoms with Crippen LogP contribution in [0.15, 0.2) is 56.9 Å². The molecule has 0 aliphatic carbocycles. The van der Waals surface area contributed by atoms with Gasteiger partial charge in [-0.25, -0.2) is 0 Å². The molecule has 0 fully saturated rings. The summed E-state index contributed by atoms with van der Waals surface area (Å²) in [6.45, 7) is 14.2. The summed E-state index contributed by atoms with van der Waals surface area (Å²) in [5.41, 5.74) is 12.0. The van der Waals surface area contributed by atoms with Crippen LogP contribution in [0.3, 0.4) is 0 Å². The van der Waals surface area contributed by atoms with Crippen molar-refractivity contribution < 1.29 is 4.42 Å². The van der Waals surface area contributed by atoms with Gasteiger partial charge in [-0.15, -0.1) is 22.0 Å². The highest BCUT2D eigenvalue weighted by Crippen LogP contribution is 2.29. The van der Waals surface area contributed by atoms with Gasteiger partial charge in [0.05, 0.1) is 5.75 Å². The fraction of sp³-hybridized carbons (Fsp3) is 0.300. The van der Waals surface area contributed by atoms with Crippen molar-refractivity contribution in [2.24, 2.45) is 0 Å². The van der Waals surface area contributed by atoms with Crippen molar-refractivity contribution in [3.63, 3.8) is 0 Å². The van der Waals surface area contributed by atoms with E-state index in [1.807, 2.05) is 32.0 Å². The molecule has 0 radical (unpaired) electrons. The van der Waals surface area contributed by atoms with Crippen LogP contribution in [-0.2, 0) is 5.75 Å². The maximum atomic E-state index is 5.86. The number of hydrogen-bond acceptors (Lipinski definition) is 5. The van der Waals surface area contributed by atoms with E-state index in [1.165, 1.54) is 16.1 Å². The highest BCUT2D eigenvalue weighted by atomic mass is 32.2. The Morgan fingerprint density at radius 3 is 2.56 bits per heavy atom. The normalized spacial score (nSPS) is 11.5. The van der Waals surface area contributed by atoms with Crippen LogP contribution in [0.25, 0.3) is 11.5 Å². The topological polar surface area (TPSA) is 64.9 Å². The summed E-state index contributed by atoms with van der Waals surface area (Å²) < 4.78 is 5.80. The van der Waals surface area contributed by atoms with Crippen LogP contribution in [0.1, 0.15) is 39.1 Å². The average molecular weight is 356 g/mol. The second-order valence-electron chi connectivity index (χ2n) is 6.33. The molecule has 0 saturated heterocycles. The van der Waals surface area contributed by atoms with Gasteiger partial charge < -0.3 is 10.2 Å². The molecule has 1 aromatic carbocycles. The standard InChI is InChI=1S/C20H25N3OS/c1-12(2)14(5)10-18(13(3)4)25-11-19-22-23-20(24-19)16-7-8-17(21)15(6)9-16/h7-10H,1,11,21H2,2-6H3/b14-10-. The van der Waals surface area contributed by atoms with Crippen LogP contribution in [0, 0.1) is 6.92 Å². The fourth-order valence-electron chi connectivity index (χ4n) is 2.03. The van der Waals surface area contributed by atoms with Crippen LogP contribution >= 0.6 is 11.8 Å². The van der Waals surface area contributed by atoms with Gasteiger partial charge >= 0.3 is 0 Å². The lowest BCUT2D eigenvalue weighted by molar-refractivity contribution is 0.528. The van der Waals surface area contributed by atoms with Gasteiger partial charge in [-0.05, 0) is 70.0 Å². The monoisotopic (exact) mass is 355 g/mol. The number of nitrogen functional groups attached to an aromatic ring is 1. The molecule has 2 rings (SSSR count). The molecule has 0 aliphatic heterocycles. The first-order chi connectivity index (χ1) is 11.8. The van der Waals surface area contributed by atoms with Gasteiger partial charge in [-0.3, -0.25) is 0 Å². The van der Waals surface area contributed by atoms with Gasteiger partial charge in [0.15, 0.2) is 0 Å². The number of nitrogens with zero attached hydrogens (tertiary/aromatic N) is 2. The zero-order valence-corrected chi connectivity index (χ0v) is 16.3. The van der Waals surface area contributed by atoms with E-state index in [9.17, 15) is 0 Å². The number of hydrogen-bond donors (Lipinski definition) is 1. The minimum absolute atomic E-state index is 0.520. The van der Waals surface area contributed by atoms with Crippen molar-refractivity contribution in [3.8, 4) is 11.5 Å². The SMILES string of the molecule is C=C(C)/C(C)=C\C(SCc1nnc(-c2ccc(N)c(C)c2)o1)=C(C)C. The van der Waals surface area contributed by atoms with E-state index in [2.05, 4.69) is 43.6 Å². The Hall–Kier alpha value is -2.27. The summed E-state index contributed by atoms with van der Waals surface area (Å²) in [5.74, 6) is 1.75. The molecular formula is C20H25N3OS. The molecule has 25 heavy (non-hydrogen) atoms. The van der Waals surface area contributed by atoms with Crippen LogP contribution in [0.5, 0.6) is 0 Å². The molecule has 132 valence electrons. The molecule has 1 heterocycles. The second kappa shape index (κ2) is 8.21. The van der Waals surface area contributed by atoms with E-state index < -0.39 is 0 Å². The molecular weight excluding hydrogens is 330 g/mol. The van der Waals surface area contributed by atoms with Crippen LogP contribution in [0.2, 0.25) is 0 Å². The average Bonchev–Trinajstić information content (AvgIpc) is 3.02. The Morgan fingerprint density at radius 1 is 1.24 bits per heavy atom. The summed E-state index contributed by atoms with van der Waals surface area (Å²) in [6.07, 6.45) is 2.16. The fourth-order valence-corrected chi connectivity index (χ4v) is 2.97. The Kier molecular flexibility index (Phi) is 6.26. The number of nitrogens with two attached hydrogens (primary N) is 1. The molecule has 1 aromatic heterocycles. The van der Waals surface area contributed by atoms with E-state index in [4.69, 9.17) is 10.2 Å².